The highest BCUT2D eigenvalue weighted by molar-refractivity contribution is 5.86. The molecule has 0 radical (unpaired) electrons. The van der Waals surface area contributed by atoms with E-state index in [2.05, 4.69) is 0 Å². The number of benzene rings is 1. The summed E-state index contributed by atoms with van der Waals surface area (Å²) in [6.45, 7) is 3.12. The normalized spacial score (nSPS) is 20.5. The zero-order valence-electron chi connectivity index (χ0n) is 15.5. The smallest absolute Gasteiger partial charge is 0.256 e. The van der Waals surface area contributed by atoms with E-state index in [9.17, 15) is 18.7 Å². The van der Waals surface area contributed by atoms with Crippen LogP contribution in [0.4, 0.5) is 8.78 Å². The van der Waals surface area contributed by atoms with Gasteiger partial charge in [-0.25, -0.2) is 8.78 Å². The molecule has 1 fully saturated rings. The lowest BCUT2D eigenvalue weighted by Crippen LogP contribution is -2.57. The number of aliphatic hydroxyl groups is 1. The van der Waals surface area contributed by atoms with Gasteiger partial charge in [0.05, 0.1) is 6.54 Å². The maximum Gasteiger partial charge on any atom is 0.256 e. The van der Waals surface area contributed by atoms with E-state index in [1.807, 2.05) is 31.0 Å². The molecule has 0 unspecified atom stereocenters. The van der Waals surface area contributed by atoms with Crippen molar-refractivity contribution in [2.75, 3.05) is 20.1 Å². The van der Waals surface area contributed by atoms with E-state index in [-0.39, 0.29) is 19.0 Å². The van der Waals surface area contributed by atoms with E-state index in [0.29, 0.717) is 31.5 Å². The molecule has 0 aliphatic carbocycles. The van der Waals surface area contributed by atoms with Crippen molar-refractivity contribution in [3.63, 3.8) is 0 Å². The Balaban J connectivity index is 1.66. The van der Waals surface area contributed by atoms with Crippen LogP contribution in [0, 0.1) is 18.6 Å². The number of furan rings is 1. The van der Waals surface area contributed by atoms with Gasteiger partial charge in [-0.15, -0.1) is 0 Å². The first-order chi connectivity index (χ1) is 12.8. The van der Waals surface area contributed by atoms with Crippen LogP contribution in [0.1, 0.15) is 29.9 Å². The van der Waals surface area contributed by atoms with Gasteiger partial charge in [0, 0.05) is 19.6 Å². The number of piperidine rings is 1. The molecule has 0 spiro atoms. The summed E-state index contributed by atoms with van der Waals surface area (Å²) in [7, 11) is 1.82. The van der Waals surface area contributed by atoms with E-state index < -0.39 is 17.2 Å². The standard InChI is InChI=1S/C20H24F2N2O3/c1-14-4-6-16(27-14)12-23(2)13-20(26)8-3-9-24(19(20)25)11-15-5-7-17(21)18(22)10-15/h4-7,10,26H,3,8-9,11-13H2,1-2H3/t20-/m1/s1. The second-order valence-corrected chi connectivity index (χ2v) is 7.29. The maximum absolute atomic E-state index is 13.4. The number of amides is 1. The van der Waals surface area contributed by atoms with E-state index in [0.717, 1.165) is 23.7 Å². The van der Waals surface area contributed by atoms with Crippen LogP contribution in [-0.4, -0.2) is 46.6 Å². The minimum Gasteiger partial charge on any atom is -0.465 e. The first-order valence-corrected chi connectivity index (χ1v) is 8.96. The van der Waals surface area contributed by atoms with Crippen LogP contribution < -0.4 is 0 Å². The van der Waals surface area contributed by atoms with Crippen molar-refractivity contribution in [1.82, 2.24) is 9.80 Å². The van der Waals surface area contributed by atoms with E-state index in [4.69, 9.17) is 4.42 Å². The molecule has 27 heavy (non-hydrogen) atoms. The van der Waals surface area contributed by atoms with Gasteiger partial charge in [-0.2, -0.15) is 0 Å². The molecule has 1 aromatic carbocycles. The number of hydrogen-bond donors (Lipinski definition) is 1. The molecule has 1 amide bonds. The first kappa shape index (κ1) is 19.5. The highest BCUT2D eigenvalue weighted by Crippen LogP contribution is 2.26. The van der Waals surface area contributed by atoms with Crippen molar-refractivity contribution in [2.45, 2.75) is 38.5 Å². The summed E-state index contributed by atoms with van der Waals surface area (Å²) >= 11 is 0. The Morgan fingerprint density at radius 2 is 2.04 bits per heavy atom. The summed E-state index contributed by atoms with van der Waals surface area (Å²) in [4.78, 5) is 16.2. The number of rotatable bonds is 6. The number of likely N-dealkylation sites (tertiary alicyclic amines) is 1. The minimum atomic E-state index is -1.51. The van der Waals surface area contributed by atoms with Crippen molar-refractivity contribution in [1.29, 1.82) is 0 Å². The number of carbonyl (C=O) groups excluding carboxylic acids is 1. The Morgan fingerprint density at radius 1 is 1.26 bits per heavy atom. The molecular weight excluding hydrogens is 354 g/mol. The molecule has 5 nitrogen and oxygen atoms in total. The molecule has 1 atom stereocenters. The predicted octanol–water partition coefficient (Wildman–Crippen LogP) is 2.85. The van der Waals surface area contributed by atoms with E-state index >= 15 is 0 Å². The van der Waals surface area contributed by atoms with Crippen LogP contribution in [0.15, 0.2) is 34.7 Å². The lowest BCUT2D eigenvalue weighted by molar-refractivity contribution is -0.160. The van der Waals surface area contributed by atoms with Crippen molar-refractivity contribution < 1.29 is 23.1 Å². The number of carbonyl (C=O) groups is 1. The summed E-state index contributed by atoms with van der Waals surface area (Å²) in [5, 5.41) is 10.9. The van der Waals surface area contributed by atoms with Gasteiger partial charge >= 0.3 is 0 Å². The molecule has 0 saturated carbocycles. The quantitative estimate of drug-likeness (QED) is 0.840. The van der Waals surface area contributed by atoms with Crippen LogP contribution in [0.2, 0.25) is 0 Å². The molecule has 1 saturated heterocycles. The molecule has 1 aliphatic heterocycles. The van der Waals surface area contributed by atoms with Gasteiger partial charge in [0.15, 0.2) is 17.2 Å². The Labute approximate surface area is 157 Å². The van der Waals surface area contributed by atoms with Gasteiger partial charge in [0.1, 0.15) is 11.5 Å². The van der Waals surface area contributed by atoms with Crippen molar-refractivity contribution in [3.8, 4) is 0 Å². The number of halogens is 2. The molecular formula is C20H24F2N2O3. The Bertz CT molecular complexity index is 823. The Kier molecular flexibility index (Phi) is 5.62. The number of likely N-dealkylation sites (N-methyl/N-ethyl adjacent to an activating group) is 1. The highest BCUT2D eigenvalue weighted by Gasteiger charge is 2.42. The summed E-state index contributed by atoms with van der Waals surface area (Å²) in [6, 6.07) is 7.32. The molecule has 0 bridgehead atoms. The fourth-order valence-electron chi connectivity index (χ4n) is 3.56. The van der Waals surface area contributed by atoms with Crippen molar-refractivity contribution in [3.05, 3.63) is 59.1 Å². The van der Waals surface area contributed by atoms with E-state index in [1.165, 1.54) is 11.0 Å². The fourth-order valence-corrected chi connectivity index (χ4v) is 3.56. The van der Waals surface area contributed by atoms with Gasteiger partial charge in [0.2, 0.25) is 0 Å². The minimum absolute atomic E-state index is 0.138. The van der Waals surface area contributed by atoms with Crippen LogP contribution in [0.5, 0.6) is 0 Å². The average molecular weight is 378 g/mol. The summed E-state index contributed by atoms with van der Waals surface area (Å²) in [6.07, 6.45) is 1.00. The second kappa shape index (κ2) is 7.78. The lowest BCUT2D eigenvalue weighted by atomic mass is 9.90. The van der Waals surface area contributed by atoms with Crippen LogP contribution in [0.3, 0.4) is 0 Å². The van der Waals surface area contributed by atoms with Crippen LogP contribution in [0.25, 0.3) is 0 Å². The molecule has 7 heteroatoms. The van der Waals surface area contributed by atoms with Gasteiger partial charge < -0.3 is 14.4 Å². The molecule has 1 aliphatic rings. The van der Waals surface area contributed by atoms with E-state index in [1.54, 1.807) is 0 Å². The molecule has 146 valence electrons. The summed E-state index contributed by atoms with van der Waals surface area (Å²) in [5.74, 6) is -0.680. The third-order valence-electron chi connectivity index (χ3n) is 4.81. The largest absolute Gasteiger partial charge is 0.465 e. The van der Waals surface area contributed by atoms with Crippen molar-refractivity contribution >= 4 is 5.91 Å². The molecule has 3 rings (SSSR count). The van der Waals surface area contributed by atoms with Crippen LogP contribution >= 0.6 is 0 Å². The molecule has 1 aromatic heterocycles. The average Bonchev–Trinajstić information content (AvgIpc) is 3.00. The van der Waals surface area contributed by atoms with Gasteiger partial charge in [-0.05, 0) is 56.6 Å². The highest BCUT2D eigenvalue weighted by atomic mass is 19.2. The van der Waals surface area contributed by atoms with Gasteiger partial charge in [0.25, 0.3) is 5.91 Å². The Morgan fingerprint density at radius 3 is 2.70 bits per heavy atom. The predicted molar refractivity (Wildman–Crippen MR) is 95.7 cm³/mol. The SMILES string of the molecule is Cc1ccc(CN(C)C[C@]2(O)CCCN(Cc3ccc(F)c(F)c3)C2=O)o1. The first-order valence-electron chi connectivity index (χ1n) is 8.96. The third kappa shape index (κ3) is 4.54. The summed E-state index contributed by atoms with van der Waals surface area (Å²) < 4.78 is 32.1. The topological polar surface area (TPSA) is 56.9 Å². The number of nitrogens with zero attached hydrogens (tertiary/aromatic N) is 2. The van der Waals surface area contributed by atoms with Gasteiger partial charge in [-0.1, -0.05) is 6.07 Å². The van der Waals surface area contributed by atoms with Crippen molar-refractivity contribution in [2.24, 2.45) is 0 Å². The molecule has 1 N–H and O–H groups in total. The number of aryl methyl sites for hydroxylation is 1. The monoisotopic (exact) mass is 378 g/mol. The molecule has 2 heterocycles. The zero-order chi connectivity index (χ0) is 19.6. The summed E-state index contributed by atoms with van der Waals surface area (Å²) in [5.41, 5.74) is -1.02. The van der Waals surface area contributed by atoms with Crippen LogP contribution in [-0.2, 0) is 17.9 Å². The number of hydrogen-bond acceptors (Lipinski definition) is 4. The maximum atomic E-state index is 13.4. The van der Waals surface area contributed by atoms with Gasteiger partial charge in [-0.3, -0.25) is 9.69 Å². The molecule has 2 aromatic rings. The second-order valence-electron chi connectivity index (χ2n) is 7.29. The Hall–Kier alpha value is -2.25. The lowest BCUT2D eigenvalue weighted by Gasteiger charge is -2.40. The third-order valence-corrected chi connectivity index (χ3v) is 4.81. The zero-order valence-corrected chi connectivity index (χ0v) is 15.5. The fraction of sp³-hybridized carbons (Fsp3) is 0.450.